The van der Waals surface area contributed by atoms with Crippen molar-refractivity contribution in [1.82, 2.24) is 9.97 Å². The topological polar surface area (TPSA) is 54.9 Å². The highest BCUT2D eigenvalue weighted by molar-refractivity contribution is 8.00. The maximum atomic E-state index is 12.6. The third-order valence-corrected chi connectivity index (χ3v) is 7.45. The van der Waals surface area contributed by atoms with E-state index in [4.69, 9.17) is 23.2 Å². The molecule has 2 aromatic heterocycles. The van der Waals surface area contributed by atoms with Gasteiger partial charge in [0, 0.05) is 10.3 Å². The van der Waals surface area contributed by atoms with Crippen LogP contribution in [0.5, 0.6) is 0 Å². The van der Waals surface area contributed by atoms with Gasteiger partial charge in [-0.25, -0.2) is 9.97 Å². The van der Waals surface area contributed by atoms with Gasteiger partial charge in [0.1, 0.15) is 16.2 Å². The van der Waals surface area contributed by atoms with Crippen molar-refractivity contribution in [2.75, 3.05) is 5.32 Å². The van der Waals surface area contributed by atoms with E-state index in [1.54, 1.807) is 35.9 Å². The maximum Gasteiger partial charge on any atom is 0.237 e. The van der Waals surface area contributed by atoms with E-state index in [-0.39, 0.29) is 11.2 Å². The van der Waals surface area contributed by atoms with Gasteiger partial charge in [-0.15, -0.1) is 11.3 Å². The molecular formula is C18H15Cl2N3OS2. The van der Waals surface area contributed by atoms with E-state index in [9.17, 15) is 4.79 Å². The highest BCUT2D eigenvalue weighted by atomic mass is 35.5. The molecule has 0 spiro atoms. The van der Waals surface area contributed by atoms with Gasteiger partial charge in [0.15, 0.2) is 0 Å². The summed E-state index contributed by atoms with van der Waals surface area (Å²) in [5, 5.41) is 5.27. The summed E-state index contributed by atoms with van der Waals surface area (Å²) in [5.41, 5.74) is 1.87. The van der Waals surface area contributed by atoms with Crippen molar-refractivity contribution in [2.45, 2.75) is 36.5 Å². The second-order valence-corrected chi connectivity index (χ2v) is 9.27. The number of aromatic nitrogens is 2. The Hall–Kier alpha value is -1.34. The molecular weight excluding hydrogens is 409 g/mol. The van der Waals surface area contributed by atoms with Crippen molar-refractivity contribution in [1.29, 1.82) is 0 Å². The number of halogens is 2. The third-order valence-electron chi connectivity index (χ3n) is 4.33. The van der Waals surface area contributed by atoms with Gasteiger partial charge in [-0.05, 0) is 43.9 Å². The third kappa shape index (κ3) is 3.31. The molecule has 8 heteroatoms. The molecule has 134 valence electrons. The number of carbonyl (C=O) groups excluding carboxylic acids is 1. The molecule has 4 nitrogen and oxygen atoms in total. The summed E-state index contributed by atoms with van der Waals surface area (Å²) in [6.07, 6.45) is 4.94. The molecule has 0 fully saturated rings. The number of aryl methyl sites for hydroxylation is 2. The van der Waals surface area contributed by atoms with Crippen LogP contribution >= 0.6 is 46.3 Å². The van der Waals surface area contributed by atoms with Gasteiger partial charge in [0.05, 0.1) is 21.0 Å². The Labute approximate surface area is 169 Å². The van der Waals surface area contributed by atoms with Crippen molar-refractivity contribution in [3.63, 3.8) is 0 Å². The van der Waals surface area contributed by atoms with Crippen LogP contribution in [-0.2, 0) is 17.6 Å². The Bertz CT molecular complexity index is 1010. The Morgan fingerprint density at radius 1 is 1.31 bits per heavy atom. The summed E-state index contributed by atoms with van der Waals surface area (Å²) in [5.74, 6) is -0.141. The average molecular weight is 424 g/mol. The number of hydrogen-bond donors (Lipinski definition) is 1. The number of anilines is 1. The Morgan fingerprint density at radius 2 is 2.15 bits per heavy atom. The van der Waals surface area contributed by atoms with E-state index in [1.807, 2.05) is 6.92 Å². The first-order chi connectivity index (χ1) is 12.5. The quantitative estimate of drug-likeness (QED) is 0.437. The Kier molecular flexibility index (Phi) is 5.10. The number of rotatable bonds is 4. The number of hydrogen-bond acceptors (Lipinski definition) is 5. The smallest absolute Gasteiger partial charge is 0.237 e. The fourth-order valence-corrected chi connectivity index (χ4v) is 5.63. The lowest BCUT2D eigenvalue weighted by Gasteiger charge is -2.13. The van der Waals surface area contributed by atoms with Crippen LogP contribution in [0.1, 0.15) is 23.8 Å². The summed E-state index contributed by atoms with van der Waals surface area (Å²) in [6, 6.07) is 5.18. The zero-order chi connectivity index (χ0) is 18.3. The minimum Gasteiger partial charge on any atom is -0.324 e. The SMILES string of the molecule is CC(Sc1ncnc2sc3c(c12)CCC3)C(=O)Nc1cccc(Cl)c1Cl. The van der Waals surface area contributed by atoms with Crippen LogP contribution in [0.4, 0.5) is 5.69 Å². The molecule has 0 radical (unpaired) electrons. The lowest BCUT2D eigenvalue weighted by molar-refractivity contribution is -0.115. The van der Waals surface area contributed by atoms with Crippen molar-refractivity contribution < 1.29 is 4.79 Å². The van der Waals surface area contributed by atoms with Crippen molar-refractivity contribution in [2.24, 2.45) is 0 Å². The molecule has 3 aromatic rings. The molecule has 0 saturated heterocycles. The number of fused-ring (bicyclic) bond motifs is 3. The van der Waals surface area contributed by atoms with Gasteiger partial charge < -0.3 is 5.32 Å². The molecule has 0 saturated carbocycles. The summed E-state index contributed by atoms with van der Waals surface area (Å²) < 4.78 is 0. The van der Waals surface area contributed by atoms with Crippen molar-refractivity contribution in [3.05, 3.63) is 45.0 Å². The van der Waals surface area contributed by atoms with Gasteiger partial charge >= 0.3 is 0 Å². The van der Waals surface area contributed by atoms with Gasteiger partial charge in [-0.2, -0.15) is 0 Å². The minimum atomic E-state index is -0.333. The lowest BCUT2D eigenvalue weighted by Crippen LogP contribution is -2.22. The largest absolute Gasteiger partial charge is 0.324 e. The van der Waals surface area contributed by atoms with E-state index in [0.717, 1.165) is 28.1 Å². The molecule has 2 heterocycles. The Balaban J connectivity index is 1.56. The standard InChI is InChI=1S/C18H15Cl2N3OS2/c1-9(16(24)23-12-6-3-5-11(19)15(12)20)25-17-14-10-4-2-7-13(10)26-18(14)22-8-21-17/h3,5-6,8-9H,2,4,7H2,1H3,(H,23,24). The normalized spacial score (nSPS) is 14.4. The second-order valence-electron chi connectivity index (χ2n) is 6.07. The van der Waals surface area contributed by atoms with Crippen molar-refractivity contribution in [3.8, 4) is 0 Å². The average Bonchev–Trinajstić information content (AvgIpc) is 3.20. The molecule has 1 atom stereocenters. The molecule has 1 amide bonds. The molecule has 0 bridgehead atoms. The molecule has 1 unspecified atom stereocenters. The minimum absolute atomic E-state index is 0.141. The summed E-state index contributed by atoms with van der Waals surface area (Å²) in [7, 11) is 0. The van der Waals surface area contributed by atoms with Crippen LogP contribution in [0.25, 0.3) is 10.2 Å². The van der Waals surface area contributed by atoms with E-state index < -0.39 is 0 Å². The monoisotopic (exact) mass is 423 g/mol. The van der Waals surface area contributed by atoms with Gasteiger partial charge in [-0.1, -0.05) is 41.0 Å². The molecule has 1 aromatic carbocycles. The fraction of sp³-hybridized carbons (Fsp3) is 0.278. The van der Waals surface area contributed by atoms with E-state index in [1.165, 1.54) is 28.6 Å². The fourth-order valence-electron chi connectivity index (χ4n) is 3.04. The summed E-state index contributed by atoms with van der Waals surface area (Å²) >= 11 is 15.4. The highest BCUT2D eigenvalue weighted by Gasteiger charge is 2.24. The molecule has 1 aliphatic rings. The zero-order valence-corrected chi connectivity index (χ0v) is 17.0. The van der Waals surface area contributed by atoms with Crippen molar-refractivity contribution >= 4 is 68.1 Å². The molecule has 0 aliphatic heterocycles. The molecule has 1 aliphatic carbocycles. The molecule has 4 rings (SSSR count). The van der Waals surface area contributed by atoms with Crippen LogP contribution in [0.15, 0.2) is 29.6 Å². The Morgan fingerprint density at radius 3 is 3.00 bits per heavy atom. The number of thiophene rings is 1. The van der Waals surface area contributed by atoms with E-state index in [0.29, 0.717) is 15.7 Å². The number of amides is 1. The number of carbonyl (C=O) groups is 1. The predicted octanol–water partition coefficient (Wildman–Crippen LogP) is 5.61. The van der Waals surface area contributed by atoms with Crippen LogP contribution in [-0.4, -0.2) is 21.1 Å². The van der Waals surface area contributed by atoms with Gasteiger partial charge in [-0.3, -0.25) is 4.79 Å². The summed E-state index contributed by atoms with van der Waals surface area (Å²) in [6.45, 7) is 1.86. The van der Waals surface area contributed by atoms with Crippen LogP contribution < -0.4 is 5.32 Å². The predicted molar refractivity (Wildman–Crippen MR) is 110 cm³/mol. The first-order valence-electron chi connectivity index (χ1n) is 8.21. The number of nitrogens with one attached hydrogen (secondary N) is 1. The number of nitrogens with zero attached hydrogens (tertiary/aromatic N) is 2. The van der Waals surface area contributed by atoms with E-state index in [2.05, 4.69) is 15.3 Å². The number of thioether (sulfide) groups is 1. The number of benzene rings is 1. The highest BCUT2D eigenvalue weighted by Crippen LogP contribution is 2.41. The molecule has 1 N–H and O–H groups in total. The maximum absolute atomic E-state index is 12.6. The first kappa shape index (κ1) is 18.0. The first-order valence-corrected chi connectivity index (χ1v) is 10.7. The molecule has 26 heavy (non-hydrogen) atoms. The van der Waals surface area contributed by atoms with Crippen LogP contribution in [0.2, 0.25) is 10.0 Å². The lowest BCUT2D eigenvalue weighted by atomic mass is 10.2. The summed E-state index contributed by atoms with van der Waals surface area (Å²) in [4.78, 5) is 23.9. The van der Waals surface area contributed by atoms with Crippen LogP contribution in [0.3, 0.4) is 0 Å². The second kappa shape index (κ2) is 7.35. The van der Waals surface area contributed by atoms with Gasteiger partial charge in [0.2, 0.25) is 5.91 Å². The van der Waals surface area contributed by atoms with Crippen LogP contribution in [0, 0.1) is 0 Å². The van der Waals surface area contributed by atoms with E-state index >= 15 is 0 Å². The van der Waals surface area contributed by atoms with Gasteiger partial charge in [0.25, 0.3) is 0 Å². The zero-order valence-electron chi connectivity index (χ0n) is 13.9.